The Kier molecular flexibility index (Phi) is 9.64. The monoisotopic (exact) mass is 674 g/mol. The van der Waals surface area contributed by atoms with Crippen molar-refractivity contribution in [2.75, 3.05) is 64.3 Å². The number of likely N-dealkylation sites (tertiary alicyclic amines) is 2. The molecule has 1 unspecified atom stereocenters. The second-order valence-corrected chi connectivity index (χ2v) is 13.7. The number of oxazole rings is 1. The summed E-state index contributed by atoms with van der Waals surface area (Å²) in [7, 11) is 1.66. The standard InChI is InChI=1S/C36H46N6O7/c1-24-21-25(22-30-32(24)38(2)35(45)48-30)23-31(33(43)40-12-8-27(9-13-40)39-17-19-47-20-18-39)49-36(46)41-14-10-28(11-15-41)42-16-7-26-5-3-4-6-29(26)37-34(42)44/h3-6,21-22,27-28,31H,7-20,23H2,1-2H3,(H,37,44). The van der Waals surface area contributed by atoms with Gasteiger partial charge in [0.1, 0.15) is 0 Å². The molecular weight excluding hydrogens is 628 g/mol. The molecule has 1 aromatic heterocycles. The summed E-state index contributed by atoms with van der Waals surface area (Å²) in [5.74, 6) is -0.667. The number of urea groups is 1. The van der Waals surface area contributed by atoms with Crippen LogP contribution in [0.2, 0.25) is 0 Å². The quantitative estimate of drug-likeness (QED) is 0.422. The van der Waals surface area contributed by atoms with Gasteiger partial charge in [-0.05, 0) is 67.9 Å². The van der Waals surface area contributed by atoms with Crippen molar-refractivity contribution in [3.8, 4) is 0 Å². The van der Waals surface area contributed by atoms with Gasteiger partial charge in [0.15, 0.2) is 11.7 Å². The molecule has 4 amide bonds. The number of nitrogens with one attached hydrogen (secondary N) is 1. The molecule has 13 heteroatoms. The van der Waals surface area contributed by atoms with Gasteiger partial charge in [-0.1, -0.05) is 24.3 Å². The third-order valence-corrected chi connectivity index (χ3v) is 10.7. The fourth-order valence-corrected chi connectivity index (χ4v) is 7.98. The lowest BCUT2D eigenvalue weighted by molar-refractivity contribution is -0.142. The van der Waals surface area contributed by atoms with E-state index in [2.05, 4.69) is 10.2 Å². The maximum atomic E-state index is 14.1. The van der Waals surface area contributed by atoms with E-state index < -0.39 is 18.0 Å². The molecule has 13 nitrogen and oxygen atoms in total. The Morgan fingerprint density at radius 1 is 0.918 bits per heavy atom. The molecule has 1 N–H and O–H groups in total. The molecule has 3 saturated heterocycles. The van der Waals surface area contributed by atoms with E-state index in [-0.39, 0.29) is 24.4 Å². The van der Waals surface area contributed by atoms with E-state index in [1.54, 1.807) is 18.0 Å². The summed E-state index contributed by atoms with van der Waals surface area (Å²) in [5, 5.41) is 3.04. The fraction of sp³-hybridized carbons (Fsp3) is 0.556. The Labute approximate surface area is 285 Å². The summed E-state index contributed by atoms with van der Waals surface area (Å²) in [6.07, 6.45) is 2.32. The van der Waals surface area contributed by atoms with E-state index in [0.717, 1.165) is 67.9 Å². The number of aryl methyl sites for hydroxylation is 2. The van der Waals surface area contributed by atoms with Crippen LogP contribution in [0, 0.1) is 6.92 Å². The van der Waals surface area contributed by atoms with E-state index >= 15 is 0 Å². The number of morpholine rings is 1. The van der Waals surface area contributed by atoms with Gasteiger partial charge in [-0.25, -0.2) is 14.4 Å². The number of carbonyl (C=O) groups is 3. The molecule has 0 saturated carbocycles. The lowest BCUT2D eigenvalue weighted by Gasteiger charge is -2.41. The number of benzene rings is 2. The highest BCUT2D eigenvalue weighted by atomic mass is 16.6. The van der Waals surface area contributed by atoms with Crippen LogP contribution < -0.4 is 11.1 Å². The van der Waals surface area contributed by atoms with Crippen LogP contribution in [0.15, 0.2) is 45.6 Å². The normalized spacial score (nSPS) is 20.5. The average Bonchev–Trinajstić information content (AvgIpc) is 3.30. The number of piperidine rings is 2. The Morgan fingerprint density at radius 2 is 1.61 bits per heavy atom. The van der Waals surface area contributed by atoms with Gasteiger partial charge in [0.05, 0.1) is 18.7 Å². The molecule has 3 aromatic rings. The summed E-state index contributed by atoms with van der Waals surface area (Å²) < 4.78 is 18.5. The molecule has 5 heterocycles. The second-order valence-electron chi connectivity index (χ2n) is 13.7. The predicted octanol–water partition coefficient (Wildman–Crippen LogP) is 3.37. The molecule has 7 rings (SSSR count). The summed E-state index contributed by atoms with van der Waals surface area (Å²) in [4.78, 5) is 60.9. The number of rotatable bonds is 6. The molecule has 4 aliphatic heterocycles. The van der Waals surface area contributed by atoms with Crippen molar-refractivity contribution in [1.82, 2.24) is 24.2 Å². The average molecular weight is 675 g/mol. The van der Waals surface area contributed by atoms with Gasteiger partial charge >= 0.3 is 17.9 Å². The molecular formula is C36H46N6O7. The summed E-state index contributed by atoms with van der Waals surface area (Å²) in [6.45, 7) is 7.82. The Hall–Kier alpha value is -4.36. The lowest BCUT2D eigenvalue weighted by atomic mass is 10.00. The first-order valence-electron chi connectivity index (χ1n) is 17.6. The highest BCUT2D eigenvalue weighted by molar-refractivity contribution is 5.91. The number of amides is 4. The van der Waals surface area contributed by atoms with Gasteiger partial charge in [0.2, 0.25) is 0 Å². The minimum atomic E-state index is -1.03. The molecule has 0 spiro atoms. The highest BCUT2D eigenvalue weighted by Crippen LogP contribution is 2.27. The second kappa shape index (κ2) is 14.2. The molecule has 1 atom stereocenters. The number of anilines is 1. The van der Waals surface area contributed by atoms with Crippen LogP contribution in [0.3, 0.4) is 0 Å². The molecule has 49 heavy (non-hydrogen) atoms. The Morgan fingerprint density at radius 3 is 2.37 bits per heavy atom. The molecule has 262 valence electrons. The van der Waals surface area contributed by atoms with E-state index in [1.165, 1.54) is 4.57 Å². The maximum Gasteiger partial charge on any atom is 0.419 e. The smallest absolute Gasteiger partial charge is 0.419 e. The largest absolute Gasteiger partial charge is 0.436 e. The maximum absolute atomic E-state index is 14.1. The van der Waals surface area contributed by atoms with Crippen LogP contribution in [0.1, 0.15) is 42.4 Å². The van der Waals surface area contributed by atoms with E-state index in [4.69, 9.17) is 13.9 Å². The topological polar surface area (TPSA) is 130 Å². The summed E-state index contributed by atoms with van der Waals surface area (Å²) in [5.41, 5.74) is 4.69. The number of para-hydroxylation sites is 1. The van der Waals surface area contributed by atoms with Gasteiger partial charge in [-0.15, -0.1) is 0 Å². The zero-order valence-corrected chi connectivity index (χ0v) is 28.4. The molecule has 3 fully saturated rings. The third kappa shape index (κ3) is 7.04. The molecule has 0 aliphatic carbocycles. The van der Waals surface area contributed by atoms with Crippen LogP contribution in [0.4, 0.5) is 15.3 Å². The minimum Gasteiger partial charge on any atom is -0.436 e. The number of fused-ring (bicyclic) bond motifs is 2. The minimum absolute atomic E-state index is 0.00113. The van der Waals surface area contributed by atoms with Gasteiger partial charge in [-0.3, -0.25) is 14.3 Å². The first-order chi connectivity index (χ1) is 23.7. The number of aromatic nitrogens is 1. The van der Waals surface area contributed by atoms with Crippen LogP contribution in [0.25, 0.3) is 11.1 Å². The number of carbonyl (C=O) groups excluding carboxylic acids is 3. The Balaban J connectivity index is 1.02. The van der Waals surface area contributed by atoms with Crippen molar-refractivity contribution >= 4 is 34.8 Å². The van der Waals surface area contributed by atoms with Gasteiger partial charge < -0.3 is 33.9 Å². The van der Waals surface area contributed by atoms with E-state index in [9.17, 15) is 19.2 Å². The van der Waals surface area contributed by atoms with Crippen molar-refractivity contribution in [3.05, 3.63) is 63.6 Å². The van der Waals surface area contributed by atoms with Gasteiger partial charge in [0, 0.05) is 77.1 Å². The van der Waals surface area contributed by atoms with Crippen molar-refractivity contribution in [1.29, 1.82) is 0 Å². The van der Waals surface area contributed by atoms with Crippen molar-refractivity contribution in [2.24, 2.45) is 7.05 Å². The summed E-state index contributed by atoms with van der Waals surface area (Å²) >= 11 is 0. The number of hydrogen-bond donors (Lipinski definition) is 1. The first kappa shape index (κ1) is 33.2. The van der Waals surface area contributed by atoms with Crippen LogP contribution in [-0.2, 0) is 34.2 Å². The van der Waals surface area contributed by atoms with E-state index in [0.29, 0.717) is 62.7 Å². The zero-order valence-electron chi connectivity index (χ0n) is 28.4. The Bertz CT molecular complexity index is 1750. The number of nitrogens with zero attached hydrogens (tertiary/aromatic N) is 5. The first-order valence-corrected chi connectivity index (χ1v) is 17.6. The fourth-order valence-electron chi connectivity index (χ4n) is 7.98. The molecule has 0 bridgehead atoms. The number of hydrogen-bond acceptors (Lipinski definition) is 8. The zero-order chi connectivity index (χ0) is 34.1. The molecule has 4 aliphatic rings. The molecule has 2 aromatic carbocycles. The molecule has 0 radical (unpaired) electrons. The van der Waals surface area contributed by atoms with Crippen molar-refractivity contribution in [2.45, 2.75) is 63.6 Å². The summed E-state index contributed by atoms with van der Waals surface area (Å²) in [6, 6.07) is 11.8. The van der Waals surface area contributed by atoms with E-state index in [1.807, 2.05) is 47.1 Å². The lowest BCUT2D eigenvalue weighted by Crippen LogP contribution is -2.53. The van der Waals surface area contributed by atoms with Crippen LogP contribution in [0.5, 0.6) is 0 Å². The van der Waals surface area contributed by atoms with Crippen molar-refractivity contribution < 1.29 is 28.3 Å². The van der Waals surface area contributed by atoms with Crippen LogP contribution >= 0.6 is 0 Å². The van der Waals surface area contributed by atoms with Gasteiger partial charge in [0.25, 0.3) is 5.91 Å². The van der Waals surface area contributed by atoms with Crippen molar-refractivity contribution in [3.63, 3.8) is 0 Å². The van der Waals surface area contributed by atoms with Gasteiger partial charge in [-0.2, -0.15) is 0 Å². The predicted molar refractivity (Wildman–Crippen MR) is 183 cm³/mol. The third-order valence-electron chi connectivity index (χ3n) is 10.7. The number of ether oxygens (including phenoxy) is 2. The SMILES string of the molecule is Cc1cc(CC(OC(=O)N2CCC(N3CCc4ccccc4NC3=O)CC2)C(=O)N2CCC(N3CCOCC3)CC2)cc2oc(=O)n(C)c12. The van der Waals surface area contributed by atoms with Crippen LogP contribution in [-0.4, -0.2) is 119 Å². The highest BCUT2D eigenvalue weighted by Gasteiger charge is 2.36.